The number of aryl methyl sites for hydroxylation is 1. The molecule has 2 aromatic carbocycles. The fraction of sp³-hybridized carbons (Fsp3) is 0.361. The van der Waals surface area contributed by atoms with Crippen LogP contribution in [0.15, 0.2) is 49.1 Å². The third kappa shape index (κ3) is 6.56. The van der Waals surface area contributed by atoms with Gasteiger partial charge in [-0.05, 0) is 90.0 Å². The molecule has 6 rings (SSSR count). The van der Waals surface area contributed by atoms with Crippen LogP contribution in [0, 0.1) is 24.4 Å². The Morgan fingerprint density at radius 3 is 2.08 bits per heavy atom. The Kier molecular flexibility index (Phi) is 8.17. The van der Waals surface area contributed by atoms with Gasteiger partial charge in [-0.2, -0.15) is 4.90 Å². The number of pyridine rings is 1. The van der Waals surface area contributed by atoms with E-state index in [0.717, 1.165) is 23.8 Å². The van der Waals surface area contributed by atoms with Crippen LogP contribution in [-0.4, -0.2) is 42.9 Å². The first kappa shape index (κ1) is 32.9. The van der Waals surface area contributed by atoms with Gasteiger partial charge in [0.15, 0.2) is 5.82 Å². The minimum Gasteiger partial charge on any atom is -0.443 e. The number of imide groups is 1. The first-order valence-corrected chi connectivity index (χ1v) is 15.6. The van der Waals surface area contributed by atoms with Crippen LogP contribution < -0.4 is 4.90 Å². The normalized spacial score (nSPS) is 13.6. The Morgan fingerprint density at radius 1 is 0.875 bits per heavy atom. The highest BCUT2D eigenvalue weighted by molar-refractivity contribution is 6.16. The average Bonchev–Trinajstić information content (AvgIpc) is 3.73. The van der Waals surface area contributed by atoms with Crippen molar-refractivity contribution >= 4 is 39.8 Å². The first-order chi connectivity index (χ1) is 22.5. The van der Waals surface area contributed by atoms with E-state index in [2.05, 4.69) is 15.0 Å². The van der Waals surface area contributed by atoms with Crippen LogP contribution in [0.3, 0.4) is 0 Å². The fourth-order valence-corrected chi connectivity index (χ4v) is 5.67. The van der Waals surface area contributed by atoms with Gasteiger partial charge >= 0.3 is 12.2 Å². The smallest absolute Gasteiger partial charge is 0.425 e. The van der Waals surface area contributed by atoms with Crippen LogP contribution >= 0.6 is 0 Å². The number of ether oxygens (including phenoxy) is 2. The summed E-state index contributed by atoms with van der Waals surface area (Å²) in [5.41, 5.74) is 0.658. The molecule has 0 unspecified atom stereocenters. The van der Waals surface area contributed by atoms with Gasteiger partial charge in [-0.15, -0.1) is 0 Å². The number of fused-ring (bicyclic) bond motifs is 2. The SMILES string of the molecule is Cc1c(Cc2cc(F)cc(F)c2)ncc2c(F)c(-c3cn(C4CC4)c4ncnc(N(C(=O)OC(C)(C)C)C(=O)OC(C)(C)C)c34)ccc12. The van der Waals surface area contributed by atoms with Crippen molar-refractivity contribution in [2.75, 3.05) is 4.90 Å². The highest BCUT2D eigenvalue weighted by Crippen LogP contribution is 2.44. The van der Waals surface area contributed by atoms with Crippen LogP contribution in [0.5, 0.6) is 0 Å². The number of carbonyl (C=O) groups excluding carboxylic acids is 2. The molecule has 0 spiro atoms. The second-order valence-corrected chi connectivity index (χ2v) is 14.0. The molecule has 1 fully saturated rings. The molecule has 1 aliphatic carbocycles. The zero-order valence-corrected chi connectivity index (χ0v) is 27.8. The van der Waals surface area contributed by atoms with Crippen LogP contribution in [0.1, 0.15) is 77.2 Å². The molecule has 3 heterocycles. The molecule has 1 aliphatic rings. The molecule has 0 atom stereocenters. The number of anilines is 1. The van der Waals surface area contributed by atoms with Gasteiger partial charge in [0.1, 0.15) is 40.6 Å². The molecule has 2 amide bonds. The maximum atomic E-state index is 16.7. The molecular formula is C36H36F3N5O4. The van der Waals surface area contributed by atoms with E-state index in [9.17, 15) is 18.4 Å². The highest BCUT2D eigenvalue weighted by Gasteiger charge is 2.37. The van der Waals surface area contributed by atoms with Crippen molar-refractivity contribution < 1.29 is 32.2 Å². The van der Waals surface area contributed by atoms with Crippen molar-refractivity contribution in [3.05, 3.63) is 83.3 Å². The largest absolute Gasteiger partial charge is 0.443 e. The molecule has 0 radical (unpaired) electrons. The summed E-state index contributed by atoms with van der Waals surface area (Å²) in [4.78, 5) is 41.3. The minimum absolute atomic E-state index is 0.100. The van der Waals surface area contributed by atoms with Crippen LogP contribution in [0.25, 0.3) is 32.9 Å². The van der Waals surface area contributed by atoms with Gasteiger partial charge in [0.2, 0.25) is 0 Å². The van der Waals surface area contributed by atoms with E-state index >= 15 is 4.39 Å². The van der Waals surface area contributed by atoms with E-state index in [1.54, 1.807) is 66.8 Å². The maximum Gasteiger partial charge on any atom is 0.425 e. The zero-order valence-electron chi connectivity index (χ0n) is 27.8. The van der Waals surface area contributed by atoms with Crippen molar-refractivity contribution in [2.24, 2.45) is 0 Å². The molecule has 0 saturated heterocycles. The number of hydrogen-bond donors (Lipinski definition) is 0. The summed E-state index contributed by atoms with van der Waals surface area (Å²) >= 11 is 0. The predicted octanol–water partition coefficient (Wildman–Crippen LogP) is 8.97. The van der Waals surface area contributed by atoms with E-state index < -0.39 is 40.8 Å². The van der Waals surface area contributed by atoms with Crippen molar-refractivity contribution in [1.29, 1.82) is 0 Å². The molecule has 48 heavy (non-hydrogen) atoms. The summed E-state index contributed by atoms with van der Waals surface area (Å²) in [5.74, 6) is -2.07. The van der Waals surface area contributed by atoms with Gasteiger partial charge in [-0.25, -0.2) is 32.7 Å². The van der Waals surface area contributed by atoms with Gasteiger partial charge in [-0.1, -0.05) is 12.1 Å². The molecule has 5 aromatic rings. The number of amides is 2. The molecule has 12 heteroatoms. The lowest BCUT2D eigenvalue weighted by molar-refractivity contribution is 0.0429. The lowest BCUT2D eigenvalue weighted by atomic mass is 9.96. The number of aromatic nitrogens is 4. The Hall–Kier alpha value is -5.00. The van der Waals surface area contributed by atoms with Crippen LogP contribution in [0.4, 0.5) is 28.6 Å². The van der Waals surface area contributed by atoms with Crippen LogP contribution in [-0.2, 0) is 15.9 Å². The molecule has 1 saturated carbocycles. The monoisotopic (exact) mass is 659 g/mol. The number of benzene rings is 2. The average molecular weight is 660 g/mol. The summed E-state index contributed by atoms with van der Waals surface area (Å²) in [5, 5.41) is 1.07. The van der Waals surface area contributed by atoms with Gasteiger partial charge in [0.05, 0.1) is 5.39 Å². The summed E-state index contributed by atoms with van der Waals surface area (Å²) in [7, 11) is 0. The van der Waals surface area contributed by atoms with E-state index in [-0.39, 0.29) is 34.6 Å². The second kappa shape index (κ2) is 11.9. The van der Waals surface area contributed by atoms with Crippen LogP contribution in [0.2, 0.25) is 0 Å². The summed E-state index contributed by atoms with van der Waals surface area (Å²) in [6.07, 6.45) is 4.31. The number of nitrogens with zero attached hydrogens (tertiary/aromatic N) is 5. The van der Waals surface area contributed by atoms with E-state index in [1.807, 2.05) is 4.57 Å². The highest BCUT2D eigenvalue weighted by atomic mass is 19.1. The van der Waals surface area contributed by atoms with Crippen molar-refractivity contribution in [3.8, 4) is 11.1 Å². The molecule has 0 bridgehead atoms. The van der Waals surface area contributed by atoms with E-state index in [4.69, 9.17) is 9.47 Å². The first-order valence-electron chi connectivity index (χ1n) is 15.6. The number of rotatable bonds is 5. The lowest BCUT2D eigenvalue weighted by Crippen LogP contribution is -2.44. The van der Waals surface area contributed by atoms with Gasteiger partial charge in [0.25, 0.3) is 0 Å². The fourth-order valence-electron chi connectivity index (χ4n) is 5.67. The van der Waals surface area contributed by atoms with Gasteiger partial charge in [-0.3, -0.25) is 4.98 Å². The van der Waals surface area contributed by atoms with E-state index in [0.29, 0.717) is 33.4 Å². The lowest BCUT2D eigenvalue weighted by Gasteiger charge is -2.28. The Labute approximate surface area is 275 Å². The van der Waals surface area contributed by atoms with Gasteiger partial charge in [0, 0.05) is 53.1 Å². The van der Waals surface area contributed by atoms with Crippen molar-refractivity contribution in [1.82, 2.24) is 19.5 Å². The zero-order chi connectivity index (χ0) is 34.7. The summed E-state index contributed by atoms with van der Waals surface area (Å²) < 4.78 is 57.5. The number of hydrogen-bond acceptors (Lipinski definition) is 7. The quantitative estimate of drug-likeness (QED) is 0.186. The summed E-state index contributed by atoms with van der Waals surface area (Å²) in [6.45, 7) is 11.8. The summed E-state index contributed by atoms with van der Waals surface area (Å²) in [6, 6.07) is 6.76. The van der Waals surface area contributed by atoms with E-state index in [1.165, 1.54) is 24.7 Å². The third-order valence-corrected chi connectivity index (χ3v) is 7.84. The number of carbonyl (C=O) groups is 2. The molecular weight excluding hydrogens is 623 g/mol. The van der Waals surface area contributed by atoms with Crippen molar-refractivity contribution in [3.63, 3.8) is 0 Å². The molecule has 250 valence electrons. The molecule has 0 aliphatic heterocycles. The molecule has 0 N–H and O–H groups in total. The molecule has 3 aromatic heterocycles. The topological polar surface area (TPSA) is 99.4 Å². The second-order valence-electron chi connectivity index (χ2n) is 14.0. The van der Waals surface area contributed by atoms with Crippen molar-refractivity contribution in [2.45, 2.75) is 85.0 Å². The Bertz CT molecular complexity index is 2050. The predicted molar refractivity (Wildman–Crippen MR) is 175 cm³/mol. The number of halogens is 3. The standard InChI is InChI=1S/C36H36F3N5O4/c1-19-24-10-11-25(30(39)26(24)16-40-28(19)14-20-12-21(37)15-22(38)13-20)27-17-43(23-8-9-23)31-29(27)32(42-18-41-31)44(33(45)47-35(2,3)4)34(46)48-36(5,6)7/h10-13,15-18,23H,8-9,14H2,1-7H3. The third-order valence-electron chi connectivity index (χ3n) is 7.84. The minimum atomic E-state index is -1.01. The van der Waals surface area contributed by atoms with Gasteiger partial charge < -0.3 is 14.0 Å². The molecule has 9 nitrogen and oxygen atoms in total. The maximum absolute atomic E-state index is 16.7. The Balaban J connectivity index is 1.52. The Morgan fingerprint density at radius 2 is 1.50 bits per heavy atom.